The first-order valence-corrected chi connectivity index (χ1v) is 8.47. The van der Waals surface area contributed by atoms with Crippen molar-refractivity contribution in [2.24, 2.45) is 0 Å². The van der Waals surface area contributed by atoms with Crippen LogP contribution in [0.1, 0.15) is 0 Å². The summed E-state index contributed by atoms with van der Waals surface area (Å²) in [4.78, 5) is 4.27. The Balaban J connectivity index is 2.08. The van der Waals surface area contributed by atoms with Gasteiger partial charge in [-0.3, -0.25) is 0 Å². The maximum absolute atomic E-state index is 2.25. The third-order valence-corrected chi connectivity index (χ3v) is 5.65. The maximum atomic E-state index is 2.25. The molecule has 0 N–H and O–H groups in total. The van der Waals surface area contributed by atoms with Crippen molar-refractivity contribution < 1.29 is 18.6 Å². The first-order valence-electron chi connectivity index (χ1n) is 6.20. The molecular formula is C16H20N2Pt. The Morgan fingerprint density at radius 1 is 0.579 bits per heavy atom. The van der Waals surface area contributed by atoms with Gasteiger partial charge in [0, 0.05) is 0 Å². The van der Waals surface area contributed by atoms with E-state index in [1.165, 1.54) is 19.3 Å². The van der Waals surface area contributed by atoms with Crippen molar-refractivity contribution in [3.63, 3.8) is 0 Å². The molecule has 0 atom stereocenters. The Bertz CT molecular complexity index is 466. The first-order chi connectivity index (χ1) is 9.06. The molecule has 2 aromatic carbocycles. The third kappa shape index (κ3) is 3.84. The van der Waals surface area contributed by atoms with Gasteiger partial charge in [-0.1, -0.05) is 0 Å². The molecule has 19 heavy (non-hydrogen) atoms. The third-order valence-electron chi connectivity index (χ3n) is 2.83. The fourth-order valence-electron chi connectivity index (χ4n) is 1.67. The van der Waals surface area contributed by atoms with Crippen molar-refractivity contribution in [1.29, 1.82) is 0 Å². The number of rotatable bonds is 4. The molecule has 0 radical (unpaired) electrons. The molecule has 0 aliphatic carbocycles. The molecule has 0 saturated heterocycles. The van der Waals surface area contributed by atoms with E-state index in [0.717, 1.165) is 0 Å². The summed E-state index contributed by atoms with van der Waals surface area (Å²) in [6.07, 6.45) is 0. The second-order valence-corrected chi connectivity index (χ2v) is 7.94. The van der Waals surface area contributed by atoms with Crippen molar-refractivity contribution in [1.82, 2.24) is 0 Å². The van der Waals surface area contributed by atoms with E-state index in [4.69, 9.17) is 0 Å². The molecule has 0 bridgehead atoms. The van der Waals surface area contributed by atoms with E-state index in [9.17, 15) is 0 Å². The molecule has 2 aromatic rings. The quantitative estimate of drug-likeness (QED) is 0.724. The number of benzene rings is 2. The van der Waals surface area contributed by atoms with Gasteiger partial charge in [-0.05, 0) is 0 Å². The van der Waals surface area contributed by atoms with Gasteiger partial charge >= 0.3 is 124 Å². The van der Waals surface area contributed by atoms with Crippen LogP contribution in [-0.2, 0) is 18.6 Å². The van der Waals surface area contributed by atoms with Crippen molar-refractivity contribution in [3.8, 4) is 0 Å². The van der Waals surface area contributed by atoms with E-state index < -0.39 is 0 Å². The summed E-state index contributed by atoms with van der Waals surface area (Å²) in [5.41, 5.74) is 2.52. The summed E-state index contributed by atoms with van der Waals surface area (Å²) in [5, 5.41) is 0. The van der Waals surface area contributed by atoms with Gasteiger partial charge in [0.05, 0.1) is 0 Å². The van der Waals surface area contributed by atoms with E-state index in [-0.39, 0.29) is 18.6 Å². The van der Waals surface area contributed by atoms with E-state index in [1.807, 2.05) is 0 Å². The molecule has 0 heterocycles. The average molecular weight is 435 g/mol. The molecule has 0 saturated carbocycles. The molecule has 2 nitrogen and oxygen atoms in total. The molecule has 2 rings (SSSR count). The average Bonchev–Trinajstić information content (AvgIpc) is 2.40. The van der Waals surface area contributed by atoms with Gasteiger partial charge < -0.3 is 0 Å². The number of nitrogens with zero attached hydrogens (tertiary/aromatic N) is 2. The van der Waals surface area contributed by atoms with Crippen LogP contribution in [0.5, 0.6) is 0 Å². The molecule has 0 amide bonds. The van der Waals surface area contributed by atoms with Crippen molar-refractivity contribution >= 4 is 19.3 Å². The van der Waals surface area contributed by atoms with Crippen LogP contribution in [-0.4, -0.2) is 28.2 Å². The molecule has 0 aromatic heterocycles. The number of hydrogen-bond donors (Lipinski definition) is 0. The standard InChI is InChI=1S/2C8H10N.Pt/c2*1-9(2)8-6-4-3-5-7-8;/h2*4-7H,1-2H3;. The molecule has 0 aliphatic rings. The molecule has 3 heteroatoms. The van der Waals surface area contributed by atoms with Crippen LogP contribution in [0.4, 0.5) is 11.4 Å². The van der Waals surface area contributed by atoms with Gasteiger partial charge in [0.15, 0.2) is 0 Å². The Hall–Kier alpha value is -1.27. The zero-order chi connectivity index (χ0) is 13.8. The second kappa shape index (κ2) is 6.25. The van der Waals surface area contributed by atoms with Gasteiger partial charge in [0.25, 0.3) is 0 Å². The summed E-state index contributed by atoms with van der Waals surface area (Å²) in [6, 6.07) is 17.8. The Morgan fingerprint density at radius 3 is 1.16 bits per heavy atom. The zero-order valence-electron chi connectivity index (χ0n) is 11.8. The molecule has 0 fully saturated rings. The number of anilines is 2. The van der Waals surface area contributed by atoms with E-state index in [0.29, 0.717) is 0 Å². The molecular weight excluding hydrogens is 415 g/mol. The van der Waals surface area contributed by atoms with Gasteiger partial charge in [-0.2, -0.15) is 0 Å². The summed E-state index contributed by atoms with van der Waals surface area (Å²) >= 11 is -0.0843. The SMILES string of the molecule is CN(C)c1cc[c]([Pt][c]2ccc(N(C)C)cc2)cc1. The fourth-order valence-corrected chi connectivity index (χ4v) is 3.94. The topological polar surface area (TPSA) is 6.48 Å². The monoisotopic (exact) mass is 435 g/mol. The molecule has 0 aliphatic heterocycles. The van der Waals surface area contributed by atoms with Crippen LogP contribution >= 0.6 is 0 Å². The summed E-state index contributed by atoms with van der Waals surface area (Å²) in [5.74, 6) is 0. The van der Waals surface area contributed by atoms with Gasteiger partial charge in [0.1, 0.15) is 0 Å². The van der Waals surface area contributed by atoms with Crippen molar-refractivity contribution in [3.05, 3.63) is 48.5 Å². The zero-order valence-corrected chi connectivity index (χ0v) is 14.1. The van der Waals surface area contributed by atoms with Gasteiger partial charge in [-0.15, -0.1) is 0 Å². The van der Waals surface area contributed by atoms with Crippen LogP contribution in [0.25, 0.3) is 0 Å². The predicted octanol–water partition coefficient (Wildman–Crippen LogP) is 1.85. The second-order valence-electron chi connectivity index (χ2n) is 4.75. The first kappa shape index (κ1) is 14.1. The minimum absolute atomic E-state index is 0.0843. The van der Waals surface area contributed by atoms with Crippen LogP contribution in [0.2, 0.25) is 0 Å². The predicted molar refractivity (Wildman–Crippen MR) is 80.8 cm³/mol. The minimum atomic E-state index is -0.0843. The van der Waals surface area contributed by atoms with E-state index in [1.54, 1.807) is 0 Å². The van der Waals surface area contributed by atoms with Crippen LogP contribution in [0.3, 0.4) is 0 Å². The number of hydrogen-bond acceptors (Lipinski definition) is 2. The Kier molecular flexibility index (Phi) is 4.65. The molecule has 0 spiro atoms. The van der Waals surface area contributed by atoms with Crippen molar-refractivity contribution in [2.45, 2.75) is 0 Å². The Labute approximate surface area is 124 Å². The fraction of sp³-hybridized carbons (Fsp3) is 0.250. The summed E-state index contributed by atoms with van der Waals surface area (Å²) < 4.78 is 2.92. The Morgan fingerprint density at radius 2 is 0.895 bits per heavy atom. The van der Waals surface area contributed by atoms with Crippen LogP contribution < -0.4 is 17.7 Å². The summed E-state index contributed by atoms with van der Waals surface area (Å²) in [7, 11) is 8.29. The van der Waals surface area contributed by atoms with Crippen LogP contribution in [0.15, 0.2) is 48.5 Å². The molecule has 0 unspecified atom stereocenters. The molecule has 104 valence electrons. The van der Waals surface area contributed by atoms with Gasteiger partial charge in [-0.25, -0.2) is 0 Å². The normalized spacial score (nSPS) is 10.5. The van der Waals surface area contributed by atoms with Crippen LogP contribution in [0, 0.1) is 0 Å². The van der Waals surface area contributed by atoms with E-state index in [2.05, 4.69) is 86.5 Å². The van der Waals surface area contributed by atoms with Gasteiger partial charge in [0.2, 0.25) is 0 Å². The van der Waals surface area contributed by atoms with E-state index >= 15 is 0 Å². The van der Waals surface area contributed by atoms with Crippen molar-refractivity contribution in [2.75, 3.05) is 38.0 Å². The summed E-state index contributed by atoms with van der Waals surface area (Å²) in [6.45, 7) is 0.